The maximum Gasteiger partial charge on any atom is 0.483 e. The van der Waals surface area contributed by atoms with Gasteiger partial charge in [0.15, 0.2) is 5.60 Å². The Morgan fingerprint density at radius 1 is 0.667 bits per heavy atom. The highest BCUT2D eigenvalue weighted by molar-refractivity contribution is 6.03. The number of Topliss-reactive ketones (excluding diaryl/α,β-unsaturated/α-hetero) is 1. The zero-order valence-corrected chi connectivity index (χ0v) is 27.4. The van der Waals surface area contributed by atoms with Crippen molar-refractivity contribution >= 4 is 23.8 Å². The van der Waals surface area contributed by atoms with E-state index >= 15 is 0 Å². The molecule has 1 aromatic carbocycles. The summed E-state index contributed by atoms with van der Waals surface area (Å²) >= 11 is 0. The van der Waals surface area contributed by atoms with Crippen molar-refractivity contribution in [2.45, 2.75) is 63.2 Å². The van der Waals surface area contributed by atoms with Crippen LogP contribution in [-0.4, -0.2) is 106 Å². The van der Waals surface area contributed by atoms with Gasteiger partial charge < -0.3 is 23.7 Å². The molecule has 1 aromatic rings. The summed E-state index contributed by atoms with van der Waals surface area (Å²) in [4.78, 5) is 45.3. The fourth-order valence-corrected chi connectivity index (χ4v) is 2.88. The van der Waals surface area contributed by atoms with Gasteiger partial charge in [-0.2, -0.15) is 65.9 Å². The molecule has 0 fully saturated rings. The van der Waals surface area contributed by atoms with Gasteiger partial charge in [0.2, 0.25) is 5.78 Å². The Bertz CT molecular complexity index is 1430. The van der Waals surface area contributed by atoms with Gasteiger partial charge in [-0.15, -0.1) is 0 Å². The van der Waals surface area contributed by atoms with E-state index in [1.165, 1.54) is 31.2 Å². The highest BCUT2D eigenvalue weighted by atomic mass is 19.4. The summed E-state index contributed by atoms with van der Waals surface area (Å²) in [5, 5.41) is 0. The van der Waals surface area contributed by atoms with Gasteiger partial charge in [0.1, 0.15) is 45.4 Å². The molecule has 0 radical (unpaired) electrons. The van der Waals surface area contributed by atoms with Crippen molar-refractivity contribution in [2.75, 3.05) is 39.6 Å². The van der Waals surface area contributed by atoms with Gasteiger partial charge in [-0.1, -0.05) is 6.58 Å². The number of carbonyl (C=O) groups excluding carboxylic acids is 4. The van der Waals surface area contributed by atoms with E-state index in [4.69, 9.17) is 14.2 Å². The normalized spacial score (nSPS) is 13.0. The summed E-state index contributed by atoms with van der Waals surface area (Å²) in [6.45, 7) is 0.0853. The van der Waals surface area contributed by atoms with Gasteiger partial charge in [0.05, 0.1) is 0 Å². The first kappa shape index (κ1) is 49.8. The molecule has 310 valence electrons. The molecule has 0 aliphatic carbocycles. The van der Waals surface area contributed by atoms with Crippen molar-refractivity contribution in [3.63, 3.8) is 0 Å². The monoisotopic (exact) mass is 824 g/mol. The molecule has 54 heavy (non-hydrogen) atoms. The van der Waals surface area contributed by atoms with E-state index in [1.54, 1.807) is 0 Å². The van der Waals surface area contributed by atoms with Gasteiger partial charge in [-0.3, -0.25) is 9.59 Å². The van der Waals surface area contributed by atoms with Crippen LogP contribution in [0.1, 0.15) is 31.1 Å². The quantitative estimate of drug-likeness (QED) is 0.0346. The number of hydrogen-bond acceptors (Lipinski definition) is 11. The van der Waals surface area contributed by atoms with Gasteiger partial charge in [0.25, 0.3) is 0 Å². The minimum Gasteiger partial charge on any atom is -0.490 e. The first-order chi connectivity index (χ1) is 24.1. The van der Waals surface area contributed by atoms with Crippen molar-refractivity contribution in [2.24, 2.45) is 0 Å². The molecule has 0 atom stereocenters. The number of rotatable bonds is 20. The average Bonchev–Trinajstić information content (AvgIpc) is 2.96. The van der Waals surface area contributed by atoms with Crippen LogP contribution < -0.4 is 4.74 Å². The molecule has 0 spiro atoms. The minimum absolute atomic E-state index is 0.00729. The Morgan fingerprint density at radius 2 is 1.09 bits per heavy atom. The first-order valence-corrected chi connectivity index (χ1v) is 13.9. The van der Waals surface area contributed by atoms with Crippen LogP contribution >= 0.6 is 0 Å². The molecular weight excluding hydrogens is 797 g/mol. The van der Waals surface area contributed by atoms with Gasteiger partial charge in [-0.25, -0.2) is 19.1 Å². The lowest BCUT2D eigenvalue weighted by molar-refractivity contribution is -0.460. The Hall–Kier alpha value is -4.17. The fourth-order valence-electron chi connectivity index (χ4n) is 2.88. The van der Waals surface area contributed by atoms with Crippen molar-refractivity contribution in [1.29, 1.82) is 0 Å². The van der Waals surface area contributed by atoms with Crippen molar-refractivity contribution in [1.82, 2.24) is 0 Å². The lowest BCUT2D eigenvalue weighted by Gasteiger charge is -2.25. The van der Waals surface area contributed by atoms with E-state index in [0.29, 0.717) is 5.75 Å². The summed E-state index contributed by atoms with van der Waals surface area (Å²) in [6.07, 6.45) is -35.1. The van der Waals surface area contributed by atoms with Crippen LogP contribution in [0.15, 0.2) is 36.4 Å². The molecular formula is C28H27F15O11. The largest absolute Gasteiger partial charge is 0.490 e. The first-order valence-electron chi connectivity index (χ1n) is 13.9. The van der Waals surface area contributed by atoms with E-state index in [9.17, 15) is 85.0 Å². The number of alkyl halides is 14. The molecule has 11 nitrogen and oxygen atoms in total. The summed E-state index contributed by atoms with van der Waals surface area (Å²) in [5.41, 5.74) is -1.58. The third-order valence-corrected chi connectivity index (χ3v) is 5.16. The zero-order valence-electron chi connectivity index (χ0n) is 27.4. The molecule has 0 aliphatic rings. The highest BCUT2D eigenvalue weighted by Gasteiger charge is 2.65. The van der Waals surface area contributed by atoms with Gasteiger partial charge in [0, 0.05) is 11.1 Å². The third-order valence-electron chi connectivity index (χ3n) is 5.16. The molecule has 0 aliphatic heterocycles. The van der Waals surface area contributed by atoms with Crippen molar-refractivity contribution in [3.8, 4) is 5.75 Å². The van der Waals surface area contributed by atoms with Gasteiger partial charge in [-0.05, 0) is 45.0 Å². The molecule has 0 N–H and O–H groups in total. The second-order valence-electron chi connectivity index (χ2n) is 10.5. The molecule has 0 bridgehead atoms. The number of ketones is 1. The lowest BCUT2D eigenvalue weighted by atomic mass is 9.96. The third kappa shape index (κ3) is 18.2. The number of benzene rings is 1. The maximum absolute atomic E-state index is 13.2. The number of esters is 2. The number of ether oxygens (including phenoxy) is 7. The molecule has 1 rings (SSSR count). The Kier molecular flexibility index (Phi) is 17.9. The smallest absolute Gasteiger partial charge is 0.483 e. The predicted molar refractivity (Wildman–Crippen MR) is 144 cm³/mol. The molecule has 0 saturated heterocycles. The Balaban J connectivity index is 0.00000138. The van der Waals surface area contributed by atoms with E-state index in [-0.39, 0.29) is 24.4 Å². The zero-order chi connectivity index (χ0) is 42.6. The second kappa shape index (κ2) is 19.4. The van der Waals surface area contributed by atoms with Crippen molar-refractivity contribution in [3.05, 3.63) is 42.0 Å². The van der Waals surface area contributed by atoms with Crippen molar-refractivity contribution < 1.29 is 118 Å². The second-order valence-corrected chi connectivity index (χ2v) is 10.5. The van der Waals surface area contributed by atoms with Crippen LogP contribution in [0.25, 0.3) is 0 Å². The van der Waals surface area contributed by atoms with Crippen LogP contribution in [-0.2, 0) is 42.8 Å². The fraction of sp³-hybridized carbons (Fsp3) is 0.571. The lowest BCUT2D eigenvalue weighted by Crippen LogP contribution is -2.46. The number of hydrogen-bond donors (Lipinski definition) is 0. The number of halogens is 15. The summed E-state index contributed by atoms with van der Waals surface area (Å²) in [7, 11) is 0. The summed E-state index contributed by atoms with van der Waals surface area (Å²) in [5.74, 6) is -2.40. The molecule has 0 aromatic heterocycles. The molecule has 0 unspecified atom stereocenters. The van der Waals surface area contributed by atoms with Crippen LogP contribution in [0.4, 0.5) is 65.9 Å². The summed E-state index contributed by atoms with van der Waals surface area (Å²) in [6, 6.07) is 3.23. The standard InChI is InChI=1S/C22H23F7O8.C6H4F8O3/c1-13(2)18(32)35-10-9-34-15-7-5-14(6-8-15)17(31)19(3,4)36-16(30)11-33-12-20(23,24)37-22(28,29)21(25,26)27;7-3(15)1-16-2-4(8,9)17-6(13,14)5(10,11)12/h5-8H,1,9-12H2,2-4H3;1-2H2. The summed E-state index contributed by atoms with van der Waals surface area (Å²) < 4.78 is 209. The van der Waals surface area contributed by atoms with Crippen LogP contribution in [0.2, 0.25) is 0 Å². The van der Waals surface area contributed by atoms with E-state index in [2.05, 4.69) is 25.5 Å². The van der Waals surface area contributed by atoms with Crippen LogP contribution in [0.5, 0.6) is 5.75 Å². The average molecular weight is 824 g/mol. The molecule has 26 heteroatoms. The van der Waals surface area contributed by atoms with E-state index in [0.717, 1.165) is 13.8 Å². The van der Waals surface area contributed by atoms with Crippen LogP contribution in [0.3, 0.4) is 0 Å². The predicted octanol–water partition coefficient (Wildman–Crippen LogP) is 6.73. The SMILES string of the molecule is C=C(C)C(=O)OCCOc1ccc(C(=O)C(C)(C)OC(=O)COCC(F)(F)OC(F)(F)C(F)(F)F)cc1.O=C(F)COCC(F)(F)OC(F)(F)C(F)(F)F. The van der Waals surface area contributed by atoms with E-state index < -0.39 is 92.6 Å². The molecule has 0 heterocycles. The highest BCUT2D eigenvalue weighted by Crippen LogP contribution is 2.41. The number of carbonyl (C=O) groups is 4. The minimum atomic E-state index is -6.40. The topological polar surface area (TPSA) is 133 Å². The van der Waals surface area contributed by atoms with Crippen LogP contribution in [0, 0.1) is 0 Å². The van der Waals surface area contributed by atoms with E-state index in [1.807, 2.05) is 0 Å². The maximum atomic E-state index is 13.2. The molecule has 0 saturated carbocycles. The Labute approximate surface area is 293 Å². The molecule has 0 amide bonds. The van der Waals surface area contributed by atoms with Gasteiger partial charge >= 0.3 is 54.8 Å². The Morgan fingerprint density at radius 3 is 1.48 bits per heavy atom.